The Morgan fingerprint density at radius 1 is 1.18 bits per heavy atom. The number of rotatable bonds is 3. The van der Waals surface area contributed by atoms with Crippen LogP contribution in [-0.4, -0.2) is 29.2 Å². The molecule has 1 N–H and O–H groups in total. The fourth-order valence-electron chi connectivity index (χ4n) is 3.66. The number of nitrogens with zero attached hydrogens (tertiary/aromatic N) is 1. The monoisotopic (exact) mass is 398 g/mol. The first-order chi connectivity index (χ1) is 13.7. The van der Waals surface area contributed by atoms with E-state index in [9.17, 15) is 9.59 Å². The first kappa shape index (κ1) is 17.2. The molecule has 144 valence electrons. The van der Waals surface area contributed by atoms with Crippen LogP contribution in [0.5, 0.6) is 11.5 Å². The summed E-state index contributed by atoms with van der Waals surface area (Å²) in [6.45, 7) is 0.840. The van der Waals surface area contributed by atoms with Gasteiger partial charge in [0.05, 0.1) is 10.9 Å². The zero-order chi connectivity index (χ0) is 19.1. The lowest BCUT2D eigenvalue weighted by atomic mass is 9.97. The summed E-state index contributed by atoms with van der Waals surface area (Å²) < 4.78 is 16.3. The van der Waals surface area contributed by atoms with E-state index in [-0.39, 0.29) is 12.2 Å². The smallest absolute Gasteiger partial charge is 0.338 e. The number of carbonyl (C=O) groups excluding carboxylic acids is 1. The van der Waals surface area contributed by atoms with E-state index >= 15 is 0 Å². The van der Waals surface area contributed by atoms with E-state index in [1.807, 2.05) is 0 Å². The molecule has 0 fully saturated rings. The second kappa shape index (κ2) is 6.94. The third kappa shape index (κ3) is 3.03. The van der Waals surface area contributed by atoms with Gasteiger partial charge in [0.25, 0.3) is 5.56 Å². The number of hydrogen-bond acceptors (Lipinski definition) is 7. The van der Waals surface area contributed by atoms with Crippen molar-refractivity contribution in [3.63, 3.8) is 0 Å². The number of aromatic nitrogens is 2. The molecule has 0 amide bonds. The van der Waals surface area contributed by atoms with E-state index in [0.29, 0.717) is 41.5 Å². The molecule has 3 heterocycles. The van der Waals surface area contributed by atoms with Crippen molar-refractivity contribution in [3.8, 4) is 11.5 Å². The molecule has 3 aromatic rings. The van der Waals surface area contributed by atoms with Gasteiger partial charge >= 0.3 is 5.97 Å². The van der Waals surface area contributed by atoms with Crippen molar-refractivity contribution in [1.29, 1.82) is 0 Å². The van der Waals surface area contributed by atoms with E-state index in [1.165, 1.54) is 4.88 Å². The molecule has 0 radical (unpaired) electrons. The maximum atomic E-state index is 12.5. The summed E-state index contributed by atoms with van der Waals surface area (Å²) in [6.07, 6.45) is 4.19. The minimum Gasteiger partial charge on any atom is -0.486 e. The Labute approximate surface area is 164 Å². The van der Waals surface area contributed by atoms with Crippen LogP contribution in [0.2, 0.25) is 0 Å². The van der Waals surface area contributed by atoms with Gasteiger partial charge in [0.2, 0.25) is 0 Å². The molecule has 0 unspecified atom stereocenters. The lowest BCUT2D eigenvalue weighted by Crippen LogP contribution is -2.17. The minimum atomic E-state index is -0.509. The number of fused-ring (bicyclic) bond motifs is 4. The number of aromatic amines is 1. The summed E-state index contributed by atoms with van der Waals surface area (Å²) in [4.78, 5) is 34.2. The standard InChI is InChI=1S/C20H18N2O5S/c23-18-17-12-3-1-2-4-15(12)28-19(17)22-16(21-18)10-27-20(24)11-5-6-13-14(9-11)26-8-7-25-13/h5-6,9H,1-4,7-8,10H2,(H,21,22,23). The van der Waals surface area contributed by atoms with Crippen LogP contribution in [0.4, 0.5) is 0 Å². The minimum absolute atomic E-state index is 0.0962. The number of ether oxygens (including phenoxy) is 3. The Morgan fingerprint density at radius 3 is 2.89 bits per heavy atom. The normalized spacial score (nSPS) is 15.3. The molecule has 1 aromatic carbocycles. The predicted molar refractivity (Wildman–Crippen MR) is 103 cm³/mol. The van der Waals surface area contributed by atoms with Gasteiger partial charge in [0.1, 0.15) is 30.5 Å². The first-order valence-corrected chi connectivity index (χ1v) is 10.1. The molecular weight excluding hydrogens is 380 g/mol. The zero-order valence-electron chi connectivity index (χ0n) is 15.1. The molecule has 1 aliphatic heterocycles. The van der Waals surface area contributed by atoms with Gasteiger partial charge in [-0.05, 0) is 49.4 Å². The molecule has 5 rings (SSSR count). The molecule has 7 nitrogen and oxygen atoms in total. The maximum absolute atomic E-state index is 12.5. The second-order valence-corrected chi connectivity index (χ2v) is 7.92. The molecule has 1 aliphatic carbocycles. The van der Waals surface area contributed by atoms with Crippen molar-refractivity contribution in [2.45, 2.75) is 32.3 Å². The Morgan fingerprint density at radius 2 is 2.00 bits per heavy atom. The SMILES string of the molecule is O=C(OCc1nc2sc3c(c2c(=O)[nH]1)CCCC3)c1ccc2c(c1)OCCO2. The van der Waals surface area contributed by atoms with Gasteiger partial charge in [-0.2, -0.15) is 0 Å². The first-order valence-electron chi connectivity index (χ1n) is 9.29. The number of esters is 1. The largest absolute Gasteiger partial charge is 0.486 e. The van der Waals surface area contributed by atoms with Crippen LogP contribution in [0.15, 0.2) is 23.0 Å². The topological polar surface area (TPSA) is 90.5 Å². The van der Waals surface area contributed by atoms with Crippen LogP contribution < -0.4 is 15.0 Å². The van der Waals surface area contributed by atoms with Crippen molar-refractivity contribution >= 4 is 27.5 Å². The van der Waals surface area contributed by atoms with E-state index < -0.39 is 5.97 Å². The third-order valence-electron chi connectivity index (χ3n) is 4.99. The Bertz CT molecular complexity index is 1130. The van der Waals surface area contributed by atoms with Crippen molar-refractivity contribution in [3.05, 3.63) is 50.4 Å². The van der Waals surface area contributed by atoms with Crippen molar-refractivity contribution < 1.29 is 19.0 Å². The molecule has 8 heteroatoms. The van der Waals surface area contributed by atoms with Gasteiger partial charge in [-0.15, -0.1) is 11.3 Å². The summed E-state index contributed by atoms with van der Waals surface area (Å²) in [5.41, 5.74) is 1.34. The van der Waals surface area contributed by atoms with Gasteiger partial charge in [-0.25, -0.2) is 9.78 Å². The van der Waals surface area contributed by atoms with Crippen molar-refractivity contribution in [1.82, 2.24) is 9.97 Å². The number of H-pyrrole nitrogens is 1. The van der Waals surface area contributed by atoms with E-state index in [4.69, 9.17) is 14.2 Å². The quantitative estimate of drug-likeness (QED) is 0.682. The highest BCUT2D eigenvalue weighted by Crippen LogP contribution is 2.33. The fourth-order valence-corrected chi connectivity index (χ4v) is 4.95. The highest BCUT2D eigenvalue weighted by Gasteiger charge is 2.20. The number of thiophene rings is 1. The van der Waals surface area contributed by atoms with Crippen LogP contribution in [0.1, 0.15) is 39.5 Å². The third-order valence-corrected chi connectivity index (χ3v) is 6.18. The van der Waals surface area contributed by atoms with Crippen LogP contribution >= 0.6 is 11.3 Å². The Balaban J connectivity index is 1.36. The molecule has 2 aromatic heterocycles. The van der Waals surface area contributed by atoms with Crippen LogP contribution in [0, 0.1) is 0 Å². The summed E-state index contributed by atoms with van der Waals surface area (Å²) in [7, 11) is 0. The van der Waals surface area contributed by atoms with E-state index in [0.717, 1.165) is 36.1 Å². The van der Waals surface area contributed by atoms with Gasteiger partial charge in [0, 0.05) is 4.88 Å². The van der Waals surface area contributed by atoms with Crippen LogP contribution in [0.3, 0.4) is 0 Å². The molecule has 0 saturated carbocycles. The average molecular weight is 398 g/mol. The van der Waals surface area contributed by atoms with E-state index in [1.54, 1.807) is 29.5 Å². The number of hydrogen-bond donors (Lipinski definition) is 1. The highest BCUT2D eigenvalue weighted by molar-refractivity contribution is 7.18. The lowest BCUT2D eigenvalue weighted by molar-refractivity contribution is 0.0461. The van der Waals surface area contributed by atoms with Gasteiger partial charge in [-0.1, -0.05) is 0 Å². The van der Waals surface area contributed by atoms with E-state index in [2.05, 4.69) is 9.97 Å². The van der Waals surface area contributed by atoms with Crippen LogP contribution in [-0.2, 0) is 24.2 Å². The molecule has 2 aliphatic rings. The molecule has 0 atom stereocenters. The summed E-state index contributed by atoms with van der Waals surface area (Å²) >= 11 is 1.57. The summed E-state index contributed by atoms with van der Waals surface area (Å²) in [6, 6.07) is 4.92. The highest BCUT2D eigenvalue weighted by atomic mass is 32.1. The molecular formula is C20H18N2O5S. The summed E-state index contributed by atoms with van der Waals surface area (Å²) in [5.74, 6) is 0.978. The maximum Gasteiger partial charge on any atom is 0.338 e. The number of carbonyl (C=O) groups is 1. The van der Waals surface area contributed by atoms with Crippen LogP contribution in [0.25, 0.3) is 10.2 Å². The molecule has 0 spiro atoms. The molecule has 0 bridgehead atoms. The predicted octanol–water partition coefficient (Wildman–Crippen LogP) is 2.99. The fraction of sp³-hybridized carbons (Fsp3) is 0.350. The number of nitrogens with one attached hydrogen (secondary N) is 1. The van der Waals surface area contributed by atoms with Crippen molar-refractivity contribution in [2.24, 2.45) is 0 Å². The Hall–Kier alpha value is -2.87. The van der Waals surface area contributed by atoms with Gasteiger partial charge in [0.15, 0.2) is 11.5 Å². The number of benzene rings is 1. The van der Waals surface area contributed by atoms with Gasteiger partial charge in [-0.3, -0.25) is 4.79 Å². The van der Waals surface area contributed by atoms with Crippen molar-refractivity contribution in [2.75, 3.05) is 13.2 Å². The molecule has 0 saturated heterocycles. The number of aryl methyl sites for hydroxylation is 2. The second-order valence-electron chi connectivity index (χ2n) is 6.84. The summed E-state index contributed by atoms with van der Waals surface area (Å²) in [5, 5.41) is 0.696. The average Bonchev–Trinajstić information content (AvgIpc) is 3.10. The van der Waals surface area contributed by atoms with Gasteiger partial charge < -0.3 is 19.2 Å². The Kier molecular flexibility index (Phi) is 4.27. The lowest BCUT2D eigenvalue weighted by Gasteiger charge is -2.18. The zero-order valence-corrected chi connectivity index (χ0v) is 15.9. The molecule has 28 heavy (non-hydrogen) atoms.